The molecule has 20 heavy (non-hydrogen) atoms. The molecule has 0 aliphatic rings. The fourth-order valence-electron chi connectivity index (χ4n) is 1.83. The first-order valence-corrected chi connectivity index (χ1v) is 6.34. The molecular weight excluding hydrogens is 256 g/mol. The summed E-state index contributed by atoms with van der Waals surface area (Å²) in [6, 6.07) is 6.90. The Morgan fingerprint density at radius 1 is 1.15 bits per heavy atom. The van der Waals surface area contributed by atoms with E-state index in [1.165, 1.54) is 0 Å². The van der Waals surface area contributed by atoms with E-state index in [2.05, 4.69) is 15.2 Å². The molecule has 1 heterocycles. The molecule has 0 saturated heterocycles. The molecule has 0 aliphatic carbocycles. The number of nitrogens with two attached hydrogens (primary N) is 1. The van der Waals surface area contributed by atoms with E-state index in [4.69, 9.17) is 10.8 Å². The van der Waals surface area contributed by atoms with E-state index in [1.807, 2.05) is 24.3 Å². The third-order valence-corrected chi connectivity index (χ3v) is 2.96. The molecule has 0 radical (unpaired) electrons. The number of carboxylic acids is 1. The van der Waals surface area contributed by atoms with Gasteiger partial charge in [0.25, 0.3) is 0 Å². The Labute approximate surface area is 116 Å². The van der Waals surface area contributed by atoms with Gasteiger partial charge in [-0.05, 0) is 24.0 Å². The van der Waals surface area contributed by atoms with Crippen LogP contribution in [-0.2, 0) is 24.1 Å². The highest BCUT2D eigenvalue weighted by molar-refractivity contribution is 5.73. The average Bonchev–Trinajstić information content (AvgIpc) is 2.47. The van der Waals surface area contributed by atoms with Crippen LogP contribution in [0.15, 0.2) is 36.7 Å². The van der Waals surface area contributed by atoms with Gasteiger partial charge >= 0.3 is 5.97 Å². The van der Waals surface area contributed by atoms with Crippen LogP contribution >= 0.6 is 0 Å². The number of aryl methyl sites for hydroxylation is 2. The van der Waals surface area contributed by atoms with Crippen molar-refractivity contribution in [1.82, 2.24) is 15.2 Å². The number of carbonyl (C=O) groups is 1. The summed E-state index contributed by atoms with van der Waals surface area (Å²) in [6.45, 7) is 0. The Kier molecular flexibility index (Phi) is 4.73. The van der Waals surface area contributed by atoms with E-state index in [9.17, 15) is 4.79 Å². The number of benzene rings is 1. The lowest BCUT2D eigenvalue weighted by molar-refractivity contribution is -0.138. The molecule has 0 bridgehead atoms. The van der Waals surface area contributed by atoms with Crippen LogP contribution < -0.4 is 5.73 Å². The lowest BCUT2D eigenvalue weighted by Gasteiger charge is -2.07. The van der Waals surface area contributed by atoms with Crippen LogP contribution in [0, 0.1) is 0 Å². The number of aliphatic carboxylic acids is 1. The topological polar surface area (TPSA) is 102 Å². The van der Waals surface area contributed by atoms with Gasteiger partial charge in [-0.1, -0.05) is 24.3 Å². The molecule has 104 valence electrons. The van der Waals surface area contributed by atoms with Crippen molar-refractivity contribution in [3.05, 3.63) is 53.6 Å². The van der Waals surface area contributed by atoms with Crippen molar-refractivity contribution in [1.29, 1.82) is 0 Å². The van der Waals surface area contributed by atoms with Crippen LogP contribution in [-0.4, -0.2) is 32.3 Å². The highest BCUT2D eigenvalue weighted by Gasteiger charge is 2.11. The molecule has 2 rings (SSSR count). The van der Waals surface area contributed by atoms with Crippen molar-refractivity contribution in [3.63, 3.8) is 0 Å². The zero-order chi connectivity index (χ0) is 14.4. The van der Waals surface area contributed by atoms with Gasteiger partial charge in [0.15, 0.2) is 5.82 Å². The average molecular weight is 272 g/mol. The first-order valence-electron chi connectivity index (χ1n) is 6.34. The smallest absolute Gasteiger partial charge is 0.320 e. The second-order valence-corrected chi connectivity index (χ2v) is 4.52. The van der Waals surface area contributed by atoms with E-state index < -0.39 is 12.0 Å². The minimum absolute atomic E-state index is 0.335. The summed E-state index contributed by atoms with van der Waals surface area (Å²) in [5.74, 6) is -0.271. The first-order chi connectivity index (χ1) is 9.65. The predicted molar refractivity (Wildman–Crippen MR) is 73.0 cm³/mol. The van der Waals surface area contributed by atoms with Gasteiger partial charge in [0, 0.05) is 12.6 Å². The highest BCUT2D eigenvalue weighted by atomic mass is 16.4. The van der Waals surface area contributed by atoms with Crippen molar-refractivity contribution in [2.45, 2.75) is 25.3 Å². The van der Waals surface area contributed by atoms with Crippen LogP contribution in [0.3, 0.4) is 0 Å². The Hall–Kier alpha value is -2.34. The first kappa shape index (κ1) is 14.1. The molecule has 1 aromatic carbocycles. The lowest BCUT2D eigenvalue weighted by atomic mass is 10.0. The molecule has 1 unspecified atom stereocenters. The second kappa shape index (κ2) is 6.72. The lowest BCUT2D eigenvalue weighted by Crippen LogP contribution is -2.32. The molecule has 0 aliphatic heterocycles. The Morgan fingerprint density at radius 3 is 2.45 bits per heavy atom. The monoisotopic (exact) mass is 272 g/mol. The largest absolute Gasteiger partial charge is 0.480 e. The van der Waals surface area contributed by atoms with Gasteiger partial charge in [0.1, 0.15) is 6.04 Å². The molecule has 2 aromatic rings. The molecule has 6 heteroatoms. The Balaban J connectivity index is 1.90. The maximum absolute atomic E-state index is 10.7. The van der Waals surface area contributed by atoms with Crippen molar-refractivity contribution >= 4 is 5.97 Å². The molecule has 6 nitrogen and oxygen atoms in total. The SMILES string of the molecule is NC(Cc1ccc(CCc2nccnn2)cc1)C(=O)O. The van der Waals surface area contributed by atoms with Crippen LogP contribution in [0.25, 0.3) is 0 Å². The molecule has 0 fully saturated rings. The summed E-state index contributed by atoms with van der Waals surface area (Å²) in [7, 11) is 0. The molecule has 1 atom stereocenters. The van der Waals surface area contributed by atoms with E-state index in [0.29, 0.717) is 12.2 Å². The second-order valence-electron chi connectivity index (χ2n) is 4.52. The molecular formula is C14H16N4O2. The van der Waals surface area contributed by atoms with Gasteiger partial charge in [-0.25, -0.2) is 4.98 Å². The van der Waals surface area contributed by atoms with Crippen LogP contribution in [0.4, 0.5) is 0 Å². The highest BCUT2D eigenvalue weighted by Crippen LogP contribution is 2.08. The third kappa shape index (κ3) is 4.10. The molecule has 1 aromatic heterocycles. The third-order valence-electron chi connectivity index (χ3n) is 2.96. The zero-order valence-electron chi connectivity index (χ0n) is 10.9. The maximum atomic E-state index is 10.7. The van der Waals surface area contributed by atoms with Gasteiger partial charge in [-0.2, -0.15) is 5.10 Å². The summed E-state index contributed by atoms with van der Waals surface area (Å²) in [6.07, 6.45) is 5.04. The number of nitrogens with zero attached hydrogens (tertiary/aromatic N) is 3. The maximum Gasteiger partial charge on any atom is 0.320 e. The molecule has 0 amide bonds. The minimum atomic E-state index is -0.984. The van der Waals surface area contributed by atoms with E-state index in [1.54, 1.807) is 12.4 Å². The van der Waals surface area contributed by atoms with Crippen LogP contribution in [0.1, 0.15) is 17.0 Å². The summed E-state index contributed by atoms with van der Waals surface area (Å²) in [5.41, 5.74) is 7.56. The van der Waals surface area contributed by atoms with Crippen molar-refractivity contribution in [2.75, 3.05) is 0 Å². The summed E-state index contributed by atoms with van der Waals surface area (Å²) < 4.78 is 0. The van der Waals surface area contributed by atoms with Gasteiger partial charge in [0.2, 0.25) is 0 Å². The summed E-state index contributed by atoms with van der Waals surface area (Å²) >= 11 is 0. The van der Waals surface area contributed by atoms with Crippen LogP contribution in [0.5, 0.6) is 0 Å². The molecule has 3 N–H and O–H groups in total. The number of aromatic nitrogens is 3. The fourth-order valence-corrected chi connectivity index (χ4v) is 1.83. The van der Waals surface area contributed by atoms with E-state index in [0.717, 1.165) is 24.0 Å². The van der Waals surface area contributed by atoms with Gasteiger partial charge in [-0.15, -0.1) is 5.10 Å². The van der Waals surface area contributed by atoms with Gasteiger partial charge in [0.05, 0.1) is 6.20 Å². The quantitative estimate of drug-likeness (QED) is 0.799. The van der Waals surface area contributed by atoms with Gasteiger partial charge < -0.3 is 10.8 Å². The number of hydrogen-bond acceptors (Lipinski definition) is 5. The van der Waals surface area contributed by atoms with Crippen molar-refractivity contribution in [2.24, 2.45) is 5.73 Å². The zero-order valence-corrected chi connectivity index (χ0v) is 10.9. The minimum Gasteiger partial charge on any atom is -0.480 e. The Morgan fingerprint density at radius 2 is 1.85 bits per heavy atom. The number of carboxylic acid groups (broad SMARTS) is 1. The Bertz CT molecular complexity index is 557. The van der Waals surface area contributed by atoms with E-state index >= 15 is 0 Å². The predicted octanol–water partition coefficient (Wildman–Crippen LogP) is 0.611. The molecule has 0 saturated carbocycles. The fraction of sp³-hybridized carbons (Fsp3) is 0.286. The van der Waals surface area contributed by atoms with Crippen molar-refractivity contribution in [3.8, 4) is 0 Å². The number of rotatable bonds is 6. The van der Waals surface area contributed by atoms with Crippen LogP contribution in [0.2, 0.25) is 0 Å². The van der Waals surface area contributed by atoms with E-state index in [-0.39, 0.29) is 0 Å². The summed E-state index contributed by atoms with van der Waals surface area (Å²) in [5, 5.41) is 16.5. The molecule has 0 spiro atoms. The van der Waals surface area contributed by atoms with Gasteiger partial charge in [-0.3, -0.25) is 4.79 Å². The number of hydrogen-bond donors (Lipinski definition) is 2. The summed E-state index contributed by atoms with van der Waals surface area (Å²) in [4.78, 5) is 14.8. The van der Waals surface area contributed by atoms with Crippen molar-refractivity contribution < 1.29 is 9.90 Å². The normalized spacial score (nSPS) is 12.1. The standard InChI is InChI=1S/C14H16N4O2/c15-12(14(19)20)9-11-3-1-10(2-4-11)5-6-13-16-7-8-17-18-13/h1-4,7-8,12H,5-6,9,15H2,(H,19,20).